The van der Waals surface area contributed by atoms with Crippen molar-refractivity contribution in [2.45, 2.75) is 24.8 Å². The van der Waals surface area contributed by atoms with Gasteiger partial charge in [0.1, 0.15) is 5.75 Å². The molecule has 0 saturated heterocycles. The van der Waals surface area contributed by atoms with E-state index in [0.717, 1.165) is 28.5 Å². The third-order valence-corrected chi connectivity index (χ3v) is 9.69. The van der Waals surface area contributed by atoms with E-state index in [4.69, 9.17) is 9.28 Å². The fourth-order valence-electron chi connectivity index (χ4n) is 6.02. The number of hydrogen-bond acceptors (Lipinski definition) is 6. The summed E-state index contributed by atoms with van der Waals surface area (Å²) in [6.07, 6.45) is 2.87. The number of amidine groups is 1. The monoisotopic (exact) mass is 626 g/mol. The Bertz CT molecular complexity index is 2110. The van der Waals surface area contributed by atoms with Crippen LogP contribution in [0.1, 0.15) is 29.5 Å². The van der Waals surface area contributed by atoms with E-state index >= 15 is 0 Å². The predicted octanol–water partition coefficient (Wildman–Crippen LogP) is 7.91. The Morgan fingerprint density at radius 1 is 0.761 bits per heavy atom. The van der Waals surface area contributed by atoms with Crippen LogP contribution in [0.5, 0.6) is 5.75 Å². The minimum absolute atomic E-state index is 0.227. The average molecular weight is 627 g/mol. The van der Waals surface area contributed by atoms with Crippen LogP contribution >= 0.6 is 0 Å². The number of hydrazone groups is 1. The van der Waals surface area contributed by atoms with E-state index < -0.39 is 15.6 Å². The third-order valence-electron chi connectivity index (χ3n) is 8.34. The van der Waals surface area contributed by atoms with E-state index in [1.807, 2.05) is 96.7 Å². The normalized spacial score (nSPS) is 15.6. The molecule has 7 rings (SSSR count). The maximum atomic E-state index is 14.4. The van der Waals surface area contributed by atoms with Gasteiger partial charge in [0.05, 0.1) is 5.69 Å². The fourth-order valence-corrected chi connectivity index (χ4v) is 7.38. The summed E-state index contributed by atoms with van der Waals surface area (Å²) in [7, 11) is -2.34. The average Bonchev–Trinajstić information content (AvgIpc) is 3.67. The highest BCUT2D eigenvalue weighted by Crippen LogP contribution is 2.37. The zero-order valence-electron chi connectivity index (χ0n) is 25.6. The molecular weight excluding hydrogens is 593 g/mol. The molecule has 2 unspecified atom stereocenters. The van der Waals surface area contributed by atoms with Gasteiger partial charge < -0.3 is 8.75 Å². The lowest BCUT2D eigenvalue weighted by molar-refractivity contribution is 0.471. The molecule has 0 saturated carbocycles. The van der Waals surface area contributed by atoms with Crippen LogP contribution in [-0.4, -0.2) is 24.3 Å². The zero-order chi connectivity index (χ0) is 31.7. The highest BCUT2D eigenvalue weighted by molar-refractivity contribution is 7.88. The summed E-state index contributed by atoms with van der Waals surface area (Å²) in [6, 6.07) is 44.6. The van der Waals surface area contributed by atoms with Crippen LogP contribution in [0.4, 0.5) is 11.4 Å². The SMILES string of the molecule is CC(Cc1ccccc1)c1cccc(C2=NN(c3ccccc3)C(S(=O)(=O)Oc3ccccc3)N2c2ccc3c(ccn3C)c2)c1. The maximum Gasteiger partial charge on any atom is 0.352 e. The second-order valence-electron chi connectivity index (χ2n) is 11.6. The van der Waals surface area contributed by atoms with E-state index in [-0.39, 0.29) is 11.7 Å². The van der Waals surface area contributed by atoms with Gasteiger partial charge in [0.15, 0.2) is 5.84 Å². The molecule has 1 aromatic heterocycles. The number of aryl methyl sites for hydroxylation is 1. The number of hydrogen-bond donors (Lipinski definition) is 0. The topological polar surface area (TPSA) is 67.1 Å². The summed E-state index contributed by atoms with van der Waals surface area (Å²) in [5, 5.41) is 7.59. The van der Waals surface area contributed by atoms with Crippen molar-refractivity contribution < 1.29 is 12.6 Å². The first kappa shape index (κ1) is 29.4. The number of anilines is 2. The zero-order valence-corrected chi connectivity index (χ0v) is 26.5. The van der Waals surface area contributed by atoms with Gasteiger partial charge in [0.2, 0.25) is 0 Å². The number of aromatic nitrogens is 1. The number of fused-ring (bicyclic) bond motifs is 1. The Kier molecular flexibility index (Phi) is 7.80. The molecule has 2 heterocycles. The summed E-state index contributed by atoms with van der Waals surface area (Å²) in [5.74, 6) is 0.974. The Labute approximate surface area is 269 Å². The largest absolute Gasteiger partial charge is 0.380 e. The summed E-state index contributed by atoms with van der Waals surface area (Å²) < 4.78 is 36.7. The van der Waals surface area contributed by atoms with Gasteiger partial charge in [-0.15, -0.1) is 0 Å². The van der Waals surface area contributed by atoms with Crippen LogP contribution in [0.25, 0.3) is 10.9 Å². The summed E-state index contributed by atoms with van der Waals surface area (Å²) in [6.45, 7) is 2.21. The Hall–Kier alpha value is -5.34. The molecule has 8 heteroatoms. The van der Waals surface area contributed by atoms with E-state index in [9.17, 15) is 8.42 Å². The Morgan fingerprint density at radius 2 is 1.46 bits per heavy atom. The van der Waals surface area contributed by atoms with Crippen molar-refractivity contribution in [3.8, 4) is 5.75 Å². The highest BCUT2D eigenvalue weighted by Gasteiger charge is 2.47. The molecule has 0 fully saturated rings. The fraction of sp³-hybridized carbons (Fsp3) is 0.132. The molecule has 7 nitrogen and oxygen atoms in total. The van der Waals surface area contributed by atoms with Crippen molar-refractivity contribution in [2.75, 3.05) is 9.91 Å². The molecule has 2 atom stereocenters. The number of rotatable bonds is 9. The second-order valence-corrected chi connectivity index (χ2v) is 13.1. The molecule has 1 aliphatic rings. The van der Waals surface area contributed by atoms with E-state index in [0.29, 0.717) is 17.2 Å². The lowest BCUT2D eigenvalue weighted by Gasteiger charge is -2.31. The Morgan fingerprint density at radius 3 is 2.20 bits per heavy atom. The lowest BCUT2D eigenvalue weighted by Crippen LogP contribution is -2.49. The first-order chi connectivity index (χ1) is 22.4. The van der Waals surface area contributed by atoms with E-state index in [1.54, 1.807) is 34.2 Å². The molecule has 46 heavy (non-hydrogen) atoms. The lowest BCUT2D eigenvalue weighted by atomic mass is 9.92. The van der Waals surface area contributed by atoms with Crippen LogP contribution in [-0.2, 0) is 23.6 Å². The van der Waals surface area contributed by atoms with Crippen LogP contribution in [0.3, 0.4) is 0 Å². The molecule has 6 aromatic rings. The summed E-state index contributed by atoms with van der Waals surface area (Å²) in [5.41, 5.74) is 4.24. The van der Waals surface area contributed by atoms with Gasteiger partial charge in [-0.3, -0.25) is 4.90 Å². The molecule has 1 aliphatic heterocycles. The number of nitrogens with zero attached hydrogens (tertiary/aromatic N) is 4. The molecule has 0 aliphatic carbocycles. The molecule has 0 N–H and O–H groups in total. The van der Waals surface area contributed by atoms with Gasteiger partial charge in [-0.05, 0) is 78.1 Å². The standard InChI is InChI=1S/C38H34N4O3S/c1-28(25-29-13-6-3-7-14-29)30-15-12-16-32(26-30)37-39-42(33-17-8-4-9-18-33)38(46(43,44)45-35-19-10-5-11-20-35)41(37)34-21-22-36-31(27-34)23-24-40(36)2/h3-24,26-28,38H,25H2,1-2H3. The molecule has 0 radical (unpaired) electrons. The van der Waals surface area contributed by atoms with Gasteiger partial charge in [-0.25, -0.2) is 5.01 Å². The van der Waals surface area contributed by atoms with Crippen LogP contribution < -0.4 is 14.1 Å². The highest BCUT2D eigenvalue weighted by atomic mass is 32.2. The minimum Gasteiger partial charge on any atom is -0.380 e. The van der Waals surface area contributed by atoms with Gasteiger partial charge in [0.25, 0.3) is 5.50 Å². The molecular formula is C38H34N4O3S. The third kappa shape index (κ3) is 5.75. The second kappa shape index (κ2) is 12.2. The smallest absolute Gasteiger partial charge is 0.352 e. The van der Waals surface area contributed by atoms with E-state index in [2.05, 4.69) is 43.3 Å². The first-order valence-electron chi connectivity index (χ1n) is 15.3. The van der Waals surface area contributed by atoms with Gasteiger partial charge >= 0.3 is 10.1 Å². The molecule has 5 aromatic carbocycles. The minimum atomic E-state index is -4.33. The maximum absolute atomic E-state index is 14.4. The summed E-state index contributed by atoms with van der Waals surface area (Å²) >= 11 is 0. The predicted molar refractivity (Wildman–Crippen MR) is 186 cm³/mol. The van der Waals surface area contributed by atoms with Crippen molar-refractivity contribution in [2.24, 2.45) is 12.1 Å². The van der Waals surface area contributed by atoms with Gasteiger partial charge in [-0.1, -0.05) is 91.9 Å². The number of benzene rings is 5. The first-order valence-corrected chi connectivity index (χ1v) is 16.7. The van der Waals surface area contributed by atoms with Crippen LogP contribution in [0, 0.1) is 0 Å². The van der Waals surface area contributed by atoms with E-state index in [1.165, 1.54) is 5.56 Å². The van der Waals surface area contributed by atoms with Crippen molar-refractivity contribution in [3.05, 3.63) is 162 Å². The summed E-state index contributed by atoms with van der Waals surface area (Å²) in [4.78, 5) is 1.78. The molecule has 230 valence electrons. The van der Waals surface area contributed by atoms with Crippen molar-refractivity contribution >= 4 is 38.2 Å². The van der Waals surface area contributed by atoms with Gasteiger partial charge in [0, 0.05) is 35.4 Å². The number of para-hydroxylation sites is 2. The van der Waals surface area contributed by atoms with Crippen LogP contribution in [0.15, 0.2) is 151 Å². The van der Waals surface area contributed by atoms with Crippen molar-refractivity contribution in [1.29, 1.82) is 0 Å². The molecule has 0 amide bonds. The quantitative estimate of drug-likeness (QED) is 0.153. The van der Waals surface area contributed by atoms with Crippen LogP contribution in [0.2, 0.25) is 0 Å². The molecule has 0 spiro atoms. The Balaban J connectivity index is 1.37. The van der Waals surface area contributed by atoms with Gasteiger partial charge in [-0.2, -0.15) is 13.5 Å². The van der Waals surface area contributed by atoms with Crippen molar-refractivity contribution in [3.63, 3.8) is 0 Å². The van der Waals surface area contributed by atoms with Crippen molar-refractivity contribution in [1.82, 2.24) is 4.57 Å². The molecule has 0 bridgehead atoms.